The number of amides is 1. The van der Waals surface area contributed by atoms with Crippen molar-refractivity contribution in [3.8, 4) is 0 Å². The number of nitrogens with one attached hydrogen (secondary N) is 3. The first kappa shape index (κ1) is 32.2. The fourth-order valence-electron chi connectivity index (χ4n) is 4.65. The highest BCUT2D eigenvalue weighted by Gasteiger charge is 2.34. The van der Waals surface area contributed by atoms with Crippen LogP contribution in [0.4, 0.5) is 4.39 Å². The topological polar surface area (TPSA) is 56.4 Å². The van der Waals surface area contributed by atoms with Crippen LogP contribution in [-0.2, 0) is 10.3 Å². The van der Waals surface area contributed by atoms with Gasteiger partial charge in [-0.1, -0.05) is 74.4 Å². The molecular formula is C31H49FN4O. The summed E-state index contributed by atoms with van der Waals surface area (Å²) >= 11 is 0. The summed E-state index contributed by atoms with van der Waals surface area (Å²) in [5.41, 5.74) is 6.83. The molecule has 0 aliphatic heterocycles. The predicted molar refractivity (Wildman–Crippen MR) is 155 cm³/mol. The number of rotatable bonds is 15. The number of carbonyl (C=O) groups is 1. The van der Waals surface area contributed by atoms with Crippen LogP contribution in [0.15, 0.2) is 71.9 Å². The van der Waals surface area contributed by atoms with Crippen LogP contribution >= 0.6 is 0 Å². The second-order valence-corrected chi connectivity index (χ2v) is 10.1. The van der Waals surface area contributed by atoms with E-state index in [1.165, 1.54) is 17.2 Å². The van der Waals surface area contributed by atoms with Gasteiger partial charge in [0.2, 0.25) is 0 Å². The fraction of sp³-hybridized carbons (Fsp3) is 0.516. The average molecular weight is 513 g/mol. The molecule has 0 unspecified atom stereocenters. The van der Waals surface area contributed by atoms with Crippen LogP contribution in [-0.4, -0.2) is 30.6 Å². The van der Waals surface area contributed by atoms with E-state index in [1.54, 1.807) is 6.08 Å². The predicted octanol–water partition coefficient (Wildman–Crippen LogP) is 6.95. The molecule has 0 aromatic heterocycles. The summed E-state index contributed by atoms with van der Waals surface area (Å²) in [6.45, 7) is 14.7. The van der Waals surface area contributed by atoms with E-state index in [9.17, 15) is 9.18 Å². The number of hydrogen-bond acceptors (Lipinski definition) is 4. The van der Waals surface area contributed by atoms with Gasteiger partial charge in [0.05, 0.1) is 23.0 Å². The second kappa shape index (κ2) is 15.4. The molecule has 0 atom stereocenters. The Labute approximate surface area is 225 Å². The normalized spacial score (nSPS) is 13.7. The van der Waals surface area contributed by atoms with E-state index in [-0.39, 0.29) is 11.4 Å². The van der Waals surface area contributed by atoms with Crippen LogP contribution < -0.4 is 16.1 Å². The number of allylic oxidation sites excluding steroid dienone is 5. The number of benzene rings is 1. The Morgan fingerprint density at radius 2 is 1.65 bits per heavy atom. The van der Waals surface area contributed by atoms with Gasteiger partial charge < -0.3 is 10.6 Å². The number of carbonyl (C=O) groups excluding carboxylic acids is 1. The summed E-state index contributed by atoms with van der Waals surface area (Å²) in [5.74, 6) is 0.710. The third kappa shape index (κ3) is 8.89. The number of hydrazine groups is 1. The van der Waals surface area contributed by atoms with Crippen LogP contribution in [0.25, 0.3) is 0 Å². The van der Waals surface area contributed by atoms with Crippen molar-refractivity contribution >= 4 is 5.91 Å². The molecular weight excluding hydrogens is 463 g/mol. The Hall–Kier alpha value is -2.86. The van der Waals surface area contributed by atoms with Crippen molar-refractivity contribution in [3.63, 3.8) is 0 Å². The van der Waals surface area contributed by atoms with E-state index in [0.717, 1.165) is 37.1 Å². The summed E-state index contributed by atoms with van der Waals surface area (Å²) in [6.07, 6.45) is 11.3. The Kier molecular flexibility index (Phi) is 13.4. The zero-order valence-corrected chi connectivity index (χ0v) is 24.5. The van der Waals surface area contributed by atoms with Crippen LogP contribution in [0.1, 0.15) is 84.8 Å². The maximum atomic E-state index is 13.8. The second-order valence-electron chi connectivity index (χ2n) is 10.1. The molecule has 1 rings (SSSR count). The SMILES string of the molecule is CC/C(C(=O)NC(CC)(CC)c1ccc(C)cc1)=C(/NC)N(NC)C(C)(C)CC/C(C)=C/C=C\C=C\F. The number of hydrogen-bond donors (Lipinski definition) is 3. The van der Waals surface area contributed by atoms with Crippen molar-refractivity contribution in [2.45, 2.75) is 91.6 Å². The van der Waals surface area contributed by atoms with E-state index < -0.39 is 5.54 Å². The summed E-state index contributed by atoms with van der Waals surface area (Å²) in [4.78, 5) is 13.8. The van der Waals surface area contributed by atoms with E-state index in [2.05, 4.69) is 86.9 Å². The average Bonchev–Trinajstić information content (AvgIpc) is 2.89. The standard InChI is InChI=1S/C31H49FN4O/c1-10-27(29(37)35-31(11-2,12-3)26-19-17-25(5)18-20-26)28(33-8)36(34-9)30(6,7)22-21-24(4)16-14-13-15-23-32/h13-20,23,33-34H,10-12,21-22H2,1-9H3,(H,35,37)/b14-13-,23-15+,24-16+,28-27+. The molecule has 1 amide bonds. The maximum Gasteiger partial charge on any atom is 0.251 e. The zero-order chi connectivity index (χ0) is 28.1. The number of aryl methyl sites for hydroxylation is 1. The molecule has 3 N–H and O–H groups in total. The van der Waals surface area contributed by atoms with Crippen molar-refractivity contribution in [2.75, 3.05) is 14.1 Å². The van der Waals surface area contributed by atoms with Crippen LogP contribution in [0, 0.1) is 6.92 Å². The van der Waals surface area contributed by atoms with Gasteiger partial charge in [-0.15, -0.1) is 0 Å². The molecule has 5 nitrogen and oxygen atoms in total. The molecule has 0 saturated carbocycles. The minimum atomic E-state index is -0.434. The van der Waals surface area contributed by atoms with E-state index in [1.807, 2.05) is 33.2 Å². The minimum Gasteiger partial charge on any atom is -0.373 e. The van der Waals surface area contributed by atoms with Gasteiger partial charge in [-0.05, 0) is 71.4 Å². The quantitative estimate of drug-likeness (QED) is 0.135. The Morgan fingerprint density at radius 3 is 2.14 bits per heavy atom. The molecule has 0 aliphatic carbocycles. The highest BCUT2D eigenvalue weighted by Crippen LogP contribution is 2.31. The van der Waals surface area contributed by atoms with Gasteiger partial charge in [-0.25, -0.2) is 9.82 Å². The van der Waals surface area contributed by atoms with Crippen molar-refractivity contribution in [1.82, 2.24) is 21.1 Å². The van der Waals surface area contributed by atoms with Crippen molar-refractivity contribution in [3.05, 3.63) is 83.0 Å². The fourth-order valence-corrected chi connectivity index (χ4v) is 4.65. The molecule has 6 heteroatoms. The largest absolute Gasteiger partial charge is 0.373 e. The highest BCUT2D eigenvalue weighted by molar-refractivity contribution is 5.94. The van der Waals surface area contributed by atoms with Gasteiger partial charge in [0.25, 0.3) is 5.91 Å². The van der Waals surface area contributed by atoms with Gasteiger partial charge in [0.15, 0.2) is 0 Å². The minimum absolute atomic E-state index is 0.0608. The summed E-state index contributed by atoms with van der Waals surface area (Å²) in [6, 6.07) is 8.45. The van der Waals surface area contributed by atoms with Gasteiger partial charge in [0.1, 0.15) is 5.82 Å². The first-order valence-corrected chi connectivity index (χ1v) is 13.4. The Bertz CT molecular complexity index is 969. The van der Waals surface area contributed by atoms with Crippen LogP contribution in [0.3, 0.4) is 0 Å². The first-order chi connectivity index (χ1) is 17.5. The molecule has 37 heavy (non-hydrogen) atoms. The number of halogens is 1. The lowest BCUT2D eigenvalue weighted by atomic mass is 9.84. The molecule has 0 saturated heterocycles. The molecule has 1 aromatic rings. The van der Waals surface area contributed by atoms with Crippen molar-refractivity contribution in [1.29, 1.82) is 0 Å². The van der Waals surface area contributed by atoms with Gasteiger partial charge in [0, 0.05) is 14.1 Å². The Balaban J connectivity index is 3.30. The number of nitrogens with zero attached hydrogens (tertiary/aromatic N) is 1. The smallest absolute Gasteiger partial charge is 0.251 e. The van der Waals surface area contributed by atoms with Gasteiger partial charge in [-0.3, -0.25) is 9.80 Å². The molecule has 0 fully saturated rings. The summed E-state index contributed by atoms with van der Waals surface area (Å²) in [7, 11) is 3.74. The molecule has 0 heterocycles. The maximum absolute atomic E-state index is 13.8. The molecule has 206 valence electrons. The van der Waals surface area contributed by atoms with Crippen molar-refractivity contribution < 1.29 is 9.18 Å². The molecule has 0 bridgehead atoms. The molecule has 0 radical (unpaired) electrons. The lowest BCUT2D eigenvalue weighted by Crippen LogP contribution is -2.54. The van der Waals surface area contributed by atoms with Crippen LogP contribution in [0.2, 0.25) is 0 Å². The first-order valence-electron chi connectivity index (χ1n) is 13.4. The third-order valence-electron chi connectivity index (χ3n) is 7.17. The lowest BCUT2D eigenvalue weighted by Gasteiger charge is -2.42. The summed E-state index contributed by atoms with van der Waals surface area (Å²) < 4.78 is 12.1. The van der Waals surface area contributed by atoms with Crippen molar-refractivity contribution in [2.24, 2.45) is 0 Å². The van der Waals surface area contributed by atoms with E-state index in [4.69, 9.17) is 0 Å². The van der Waals surface area contributed by atoms with Crippen LogP contribution in [0.5, 0.6) is 0 Å². The van der Waals surface area contributed by atoms with E-state index in [0.29, 0.717) is 18.3 Å². The van der Waals surface area contributed by atoms with Gasteiger partial charge >= 0.3 is 0 Å². The zero-order valence-electron chi connectivity index (χ0n) is 24.5. The monoisotopic (exact) mass is 512 g/mol. The summed E-state index contributed by atoms with van der Waals surface area (Å²) in [5, 5.41) is 8.78. The highest BCUT2D eigenvalue weighted by atomic mass is 19.1. The lowest BCUT2D eigenvalue weighted by molar-refractivity contribution is -0.120. The molecule has 0 spiro atoms. The third-order valence-corrected chi connectivity index (χ3v) is 7.17. The Morgan fingerprint density at radius 1 is 1.03 bits per heavy atom. The molecule has 0 aliphatic rings. The van der Waals surface area contributed by atoms with E-state index >= 15 is 0 Å². The van der Waals surface area contributed by atoms with Gasteiger partial charge in [-0.2, -0.15) is 0 Å². The molecule has 1 aromatic carbocycles.